The summed E-state index contributed by atoms with van der Waals surface area (Å²) >= 11 is 3.37. The van der Waals surface area contributed by atoms with Gasteiger partial charge < -0.3 is 14.4 Å². The predicted molar refractivity (Wildman–Crippen MR) is 94.5 cm³/mol. The Labute approximate surface area is 144 Å². The lowest BCUT2D eigenvalue weighted by molar-refractivity contribution is -0.128. The fourth-order valence-corrected chi connectivity index (χ4v) is 4.68. The van der Waals surface area contributed by atoms with Crippen molar-refractivity contribution in [1.82, 2.24) is 4.90 Å². The highest BCUT2D eigenvalue weighted by molar-refractivity contribution is 8.00. The normalized spacial score (nSPS) is 17.6. The number of carbonyl (C=O) groups excluding carboxylic acids is 1. The minimum absolute atomic E-state index is 0.0208. The highest BCUT2D eigenvalue weighted by Gasteiger charge is 2.34. The molecule has 1 aromatic heterocycles. The molecule has 3 rings (SSSR count). The first-order valence-electron chi connectivity index (χ1n) is 7.39. The molecule has 0 aliphatic carbocycles. The van der Waals surface area contributed by atoms with Crippen molar-refractivity contribution in [3.8, 4) is 11.5 Å². The molecule has 0 spiro atoms. The molecule has 1 amide bonds. The van der Waals surface area contributed by atoms with E-state index in [0.717, 1.165) is 18.5 Å². The van der Waals surface area contributed by atoms with Crippen molar-refractivity contribution in [2.24, 2.45) is 0 Å². The molecule has 1 fully saturated rings. The Morgan fingerprint density at radius 2 is 2.09 bits per heavy atom. The van der Waals surface area contributed by atoms with Gasteiger partial charge in [-0.05, 0) is 23.9 Å². The lowest BCUT2D eigenvalue weighted by Gasteiger charge is -2.26. The Hall–Kier alpha value is -1.66. The molecule has 2 heterocycles. The van der Waals surface area contributed by atoms with Gasteiger partial charge in [0.1, 0.15) is 5.37 Å². The van der Waals surface area contributed by atoms with Gasteiger partial charge in [-0.2, -0.15) is 0 Å². The van der Waals surface area contributed by atoms with Crippen LogP contribution >= 0.6 is 23.1 Å². The zero-order valence-electron chi connectivity index (χ0n) is 13.2. The van der Waals surface area contributed by atoms with Crippen LogP contribution in [0, 0.1) is 0 Å². The van der Waals surface area contributed by atoms with E-state index in [1.54, 1.807) is 37.3 Å². The van der Waals surface area contributed by atoms with Crippen LogP contribution in [-0.2, 0) is 11.2 Å². The molecular formula is C17H19NO3S2. The molecule has 4 nitrogen and oxygen atoms in total. The van der Waals surface area contributed by atoms with Crippen molar-refractivity contribution in [2.75, 3.05) is 26.5 Å². The Morgan fingerprint density at radius 3 is 2.78 bits per heavy atom. The number of carbonyl (C=O) groups is 1. The van der Waals surface area contributed by atoms with Gasteiger partial charge in [0.2, 0.25) is 5.91 Å². The number of ether oxygens (including phenoxy) is 2. The van der Waals surface area contributed by atoms with Crippen LogP contribution in [0.25, 0.3) is 0 Å². The number of thiophene rings is 1. The van der Waals surface area contributed by atoms with E-state index >= 15 is 0 Å². The number of hydrogen-bond donors (Lipinski definition) is 0. The smallest absolute Gasteiger partial charge is 0.233 e. The molecule has 122 valence electrons. The summed E-state index contributed by atoms with van der Waals surface area (Å²) in [5.74, 6) is 2.10. The van der Waals surface area contributed by atoms with Crippen molar-refractivity contribution >= 4 is 29.0 Å². The number of amides is 1. The monoisotopic (exact) mass is 349 g/mol. The van der Waals surface area contributed by atoms with E-state index in [1.165, 1.54) is 4.88 Å². The highest BCUT2D eigenvalue weighted by Crippen LogP contribution is 2.45. The maximum Gasteiger partial charge on any atom is 0.233 e. The van der Waals surface area contributed by atoms with Gasteiger partial charge in [-0.3, -0.25) is 4.79 Å². The molecule has 2 aromatic rings. The van der Waals surface area contributed by atoms with Crippen molar-refractivity contribution in [2.45, 2.75) is 11.8 Å². The van der Waals surface area contributed by atoms with Gasteiger partial charge in [0.05, 0.1) is 20.0 Å². The van der Waals surface area contributed by atoms with Crippen LogP contribution in [0.4, 0.5) is 0 Å². The maximum absolute atomic E-state index is 12.3. The fourth-order valence-electron chi connectivity index (χ4n) is 2.75. The van der Waals surface area contributed by atoms with Crippen molar-refractivity contribution < 1.29 is 14.3 Å². The summed E-state index contributed by atoms with van der Waals surface area (Å²) in [4.78, 5) is 15.6. The topological polar surface area (TPSA) is 38.8 Å². The van der Waals surface area contributed by atoms with Crippen LogP contribution in [0.15, 0.2) is 35.7 Å². The molecule has 23 heavy (non-hydrogen) atoms. The fraction of sp³-hybridized carbons (Fsp3) is 0.353. The van der Waals surface area contributed by atoms with Crippen LogP contribution in [0.2, 0.25) is 0 Å². The van der Waals surface area contributed by atoms with Crippen LogP contribution in [-0.4, -0.2) is 37.3 Å². The van der Waals surface area contributed by atoms with Crippen molar-refractivity contribution in [3.05, 3.63) is 46.2 Å². The highest BCUT2D eigenvalue weighted by atomic mass is 32.2. The summed E-state index contributed by atoms with van der Waals surface area (Å²) in [6, 6.07) is 9.98. The largest absolute Gasteiger partial charge is 0.493 e. The molecule has 0 saturated carbocycles. The van der Waals surface area contributed by atoms with E-state index in [2.05, 4.69) is 11.4 Å². The molecule has 0 radical (unpaired) electrons. The Morgan fingerprint density at radius 1 is 1.22 bits per heavy atom. The van der Waals surface area contributed by atoms with Gasteiger partial charge in [0.15, 0.2) is 11.5 Å². The number of methoxy groups -OCH3 is 2. The first kappa shape index (κ1) is 16.2. The molecule has 1 aliphatic rings. The second-order valence-corrected chi connectivity index (χ2v) is 7.26. The van der Waals surface area contributed by atoms with Gasteiger partial charge in [0, 0.05) is 17.0 Å². The van der Waals surface area contributed by atoms with Gasteiger partial charge >= 0.3 is 0 Å². The third-order valence-corrected chi connectivity index (χ3v) is 6.02. The summed E-state index contributed by atoms with van der Waals surface area (Å²) in [6.07, 6.45) is 0.882. The average molecular weight is 349 g/mol. The summed E-state index contributed by atoms with van der Waals surface area (Å²) in [5, 5.41) is 2.05. The summed E-state index contributed by atoms with van der Waals surface area (Å²) in [5.41, 5.74) is 0.994. The lowest BCUT2D eigenvalue weighted by atomic mass is 10.1. The Kier molecular flexibility index (Phi) is 5.13. The molecule has 6 heteroatoms. The van der Waals surface area contributed by atoms with Gasteiger partial charge in [0.25, 0.3) is 0 Å². The minimum Gasteiger partial charge on any atom is -0.493 e. The summed E-state index contributed by atoms with van der Waals surface area (Å²) in [6.45, 7) is 0.720. The molecule has 0 N–H and O–H groups in total. The average Bonchev–Trinajstić information content (AvgIpc) is 3.21. The molecular weight excluding hydrogens is 330 g/mol. The number of benzene rings is 1. The SMILES string of the molecule is COc1cccc(C2SCC(=O)N2CCc2cccs2)c1OC. The number of nitrogens with zero attached hydrogens (tertiary/aromatic N) is 1. The molecule has 1 saturated heterocycles. The third kappa shape index (κ3) is 3.33. The Bertz CT molecular complexity index is 672. The standard InChI is InChI=1S/C17H19NO3S2/c1-20-14-7-3-6-13(16(14)21-2)17-18(15(19)11-23-17)9-8-12-5-4-10-22-12/h3-7,10,17H,8-9,11H2,1-2H3. The van der Waals surface area contributed by atoms with E-state index in [-0.39, 0.29) is 11.3 Å². The van der Waals surface area contributed by atoms with Crippen molar-refractivity contribution in [3.63, 3.8) is 0 Å². The zero-order valence-corrected chi connectivity index (χ0v) is 14.8. The van der Waals surface area contributed by atoms with E-state index in [4.69, 9.17) is 9.47 Å². The number of hydrogen-bond acceptors (Lipinski definition) is 5. The van der Waals surface area contributed by atoms with Gasteiger partial charge in [-0.25, -0.2) is 0 Å². The summed E-state index contributed by atoms with van der Waals surface area (Å²) < 4.78 is 10.9. The first-order chi connectivity index (χ1) is 11.2. The molecule has 1 atom stereocenters. The van der Waals surface area contributed by atoms with Crippen LogP contribution < -0.4 is 9.47 Å². The summed E-state index contributed by atoms with van der Waals surface area (Å²) in [7, 11) is 3.27. The van der Waals surface area contributed by atoms with Crippen LogP contribution in [0.5, 0.6) is 11.5 Å². The molecule has 0 bridgehead atoms. The van der Waals surface area contributed by atoms with Crippen LogP contribution in [0.3, 0.4) is 0 Å². The van der Waals surface area contributed by atoms with Gasteiger partial charge in [-0.1, -0.05) is 18.2 Å². The van der Waals surface area contributed by atoms with E-state index < -0.39 is 0 Å². The minimum atomic E-state index is -0.0208. The van der Waals surface area contributed by atoms with E-state index in [0.29, 0.717) is 17.3 Å². The Balaban J connectivity index is 1.84. The molecule has 1 unspecified atom stereocenters. The van der Waals surface area contributed by atoms with E-state index in [1.807, 2.05) is 29.2 Å². The number of rotatable bonds is 6. The molecule has 1 aliphatic heterocycles. The second kappa shape index (κ2) is 7.27. The number of thioether (sulfide) groups is 1. The third-order valence-electron chi connectivity index (χ3n) is 3.85. The van der Waals surface area contributed by atoms with Gasteiger partial charge in [-0.15, -0.1) is 23.1 Å². The van der Waals surface area contributed by atoms with Crippen LogP contribution in [0.1, 0.15) is 15.8 Å². The van der Waals surface area contributed by atoms with Crippen molar-refractivity contribution in [1.29, 1.82) is 0 Å². The first-order valence-corrected chi connectivity index (χ1v) is 9.31. The van der Waals surface area contributed by atoms with E-state index in [9.17, 15) is 4.79 Å². The zero-order chi connectivity index (χ0) is 16.2. The molecule has 1 aromatic carbocycles. The lowest BCUT2D eigenvalue weighted by Crippen LogP contribution is -2.30. The number of para-hydroxylation sites is 1. The maximum atomic E-state index is 12.3. The second-order valence-electron chi connectivity index (χ2n) is 5.16. The predicted octanol–water partition coefficient (Wildman–Crippen LogP) is 3.58. The quantitative estimate of drug-likeness (QED) is 0.799.